The molecule has 0 aromatic heterocycles. The molecule has 0 bridgehead atoms. The van der Waals surface area contributed by atoms with Crippen LogP contribution in [0.1, 0.15) is 0 Å². The summed E-state index contributed by atoms with van der Waals surface area (Å²) in [6, 6.07) is 4.81. The summed E-state index contributed by atoms with van der Waals surface area (Å²) in [7, 11) is 3.13. The molecule has 5 heteroatoms. The molecular formula is C11H17NO4. The van der Waals surface area contributed by atoms with Crippen molar-refractivity contribution >= 4 is 0 Å². The maximum atomic E-state index is 8.76. The Bertz CT molecular complexity index is 308. The predicted molar refractivity (Wildman–Crippen MR) is 60.1 cm³/mol. The Balaban J connectivity index is 2.71. The third-order valence-corrected chi connectivity index (χ3v) is 2.02. The number of ether oxygens (including phenoxy) is 3. The molecule has 1 aromatic carbocycles. The van der Waals surface area contributed by atoms with Crippen molar-refractivity contribution in [3.8, 4) is 17.2 Å². The Morgan fingerprint density at radius 2 is 1.62 bits per heavy atom. The lowest BCUT2D eigenvalue weighted by Crippen LogP contribution is -2.31. The zero-order valence-electron chi connectivity index (χ0n) is 9.47. The highest BCUT2D eigenvalue weighted by molar-refractivity contribution is 5.41. The third kappa shape index (κ3) is 3.60. The Kier molecular flexibility index (Phi) is 4.88. The predicted octanol–water partition coefficient (Wildman–Crippen LogP) is 0.402. The summed E-state index contributed by atoms with van der Waals surface area (Å²) in [5.74, 6) is 1.89. The highest BCUT2D eigenvalue weighted by Gasteiger charge is 2.05. The van der Waals surface area contributed by atoms with Gasteiger partial charge in [0.05, 0.1) is 26.9 Å². The molecule has 3 N–H and O–H groups in total. The van der Waals surface area contributed by atoms with Crippen LogP contribution < -0.4 is 19.9 Å². The van der Waals surface area contributed by atoms with Gasteiger partial charge in [-0.3, -0.25) is 0 Å². The molecule has 0 radical (unpaired) electrons. The standard InChI is InChI=1S/C11H17NO4/c1-14-9-3-10(15-2)5-11(4-9)16-7-8(12)6-13/h3-5,8,13H,6-7,12H2,1-2H3. The van der Waals surface area contributed by atoms with Gasteiger partial charge in [0.15, 0.2) is 0 Å². The summed E-state index contributed by atoms with van der Waals surface area (Å²) in [5, 5.41) is 8.76. The molecule has 0 aliphatic rings. The minimum atomic E-state index is -0.391. The number of benzene rings is 1. The molecule has 0 saturated carbocycles. The second-order valence-electron chi connectivity index (χ2n) is 3.30. The average molecular weight is 227 g/mol. The van der Waals surface area contributed by atoms with E-state index in [1.807, 2.05) is 0 Å². The molecule has 0 saturated heterocycles. The van der Waals surface area contributed by atoms with E-state index in [1.54, 1.807) is 32.4 Å². The van der Waals surface area contributed by atoms with Crippen LogP contribution in [0, 0.1) is 0 Å². The maximum absolute atomic E-state index is 8.76. The van der Waals surface area contributed by atoms with E-state index in [1.165, 1.54) is 0 Å². The van der Waals surface area contributed by atoms with Gasteiger partial charge in [-0.05, 0) is 0 Å². The average Bonchev–Trinajstić information content (AvgIpc) is 2.35. The first-order valence-corrected chi connectivity index (χ1v) is 4.92. The van der Waals surface area contributed by atoms with Gasteiger partial charge in [0.1, 0.15) is 23.9 Å². The van der Waals surface area contributed by atoms with E-state index in [4.69, 9.17) is 25.1 Å². The summed E-state index contributed by atoms with van der Waals surface area (Å²) in [6.07, 6.45) is 0. The molecule has 16 heavy (non-hydrogen) atoms. The fourth-order valence-electron chi connectivity index (χ4n) is 1.12. The van der Waals surface area contributed by atoms with Gasteiger partial charge in [-0.2, -0.15) is 0 Å². The molecule has 1 aromatic rings. The van der Waals surface area contributed by atoms with Crippen molar-refractivity contribution in [2.75, 3.05) is 27.4 Å². The molecule has 0 fully saturated rings. The summed E-state index contributed by atoms with van der Waals surface area (Å²) in [6.45, 7) is 0.133. The Hall–Kier alpha value is -1.46. The van der Waals surface area contributed by atoms with Crippen molar-refractivity contribution in [2.45, 2.75) is 6.04 Å². The highest BCUT2D eigenvalue weighted by Crippen LogP contribution is 2.27. The molecular weight excluding hydrogens is 210 g/mol. The number of aliphatic hydroxyl groups excluding tert-OH is 1. The van der Waals surface area contributed by atoms with Crippen LogP contribution in [0.15, 0.2) is 18.2 Å². The summed E-state index contributed by atoms with van der Waals surface area (Å²) in [4.78, 5) is 0. The van der Waals surface area contributed by atoms with Crippen molar-refractivity contribution in [2.24, 2.45) is 5.73 Å². The zero-order valence-corrected chi connectivity index (χ0v) is 9.47. The quantitative estimate of drug-likeness (QED) is 0.736. The lowest BCUT2D eigenvalue weighted by Gasteiger charge is -2.12. The first-order valence-electron chi connectivity index (χ1n) is 4.92. The Labute approximate surface area is 94.7 Å². The van der Waals surface area contributed by atoms with E-state index in [-0.39, 0.29) is 13.2 Å². The van der Waals surface area contributed by atoms with E-state index in [9.17, 15) is 0 Å². The SMILES string of the molecule is COc1cc(OC)cc(OCC(N)CO)c1. The number of methoxy groups -OCH3 is 2. The first kappa shape index (κ1) is 12.6. The van der Waals surface area contributed by atoms with Crippen LogP contribution in [0.2, 0.25) is 0 Å². The minimum Gasteiger partial charge on any atom is -0.496 e. The van der Waals surface area contributed by atoms with Crippen LogP contribution in [0.4, 0.5) is 0 Å². The lowest BCUT2D eigenvalue weighted by atomic mass is 10.3. The molecule has 0 amide bonds. The van der Waals surface area contributed by atoms with E-state index in [2.05, 4.69) is 0 Å². The summed E-state index contributed by atoms with van der Waals surface area (Å²) >= 11 is 0. The molecule has 0 aliphatic heterocycles. The molecule has 1 rings (SSSR count). The fraction of sp³-hybridized carbons (Fsp3) is 0.455. The smallest absolute Gasteiger partial charge is 0.126 e. The maximum Gasteiger partial charge on any atom is 0.126 e. The summed E-state index contributed by atoms with van der Waals surface area (Å²) < 4.78 is 15.6. The van der Waals surface area contributed by atoms with Crippen LogP contribution in [-0.2, 0) is 0 Å². The largest absolute Gasteiger partial charge is 0.496 e. The zero-order chi connectivity index (χ0) is 12.0. The van der Waals surface area contributed by atoms with Gasteiger partial charge >= 0.3 is 0 Å². The molecule has 90 valence electrons. The van der Waals surface area contributed by atoms with Gasteiger partial charge < -0.3 is 25.1 Å². The molecule has 1 unspecified atom stereocenters. The molecule has 0 spiro atoms. The topological polar surface area (TPSA) is 73.9 Å². The lowest BCUT2D eigenvalue weighted by molar-refractivity contribution is 0.206. The number of hydrogen-bond donors (Lipinski definition) is 2. The van der Waals surface area contributed by atoms with Gasteiger partial charge in [-0.1, -0.05) is 0 Å². The van der Waals surface area contributed by atoms with Crippen LogP contribution >= 0.6 is 0 Å². The van der Waals surface area contributed by atoms with Gasteiger partial charge in [0, 0.05) is 18.2 Å². The van der Waals surface area contributed by atoms with Crippen molar-refractivity contribution in [1.29, 1.82) is 0 Å². The van der Waals surface area contributed by atoms with E-state index in [0.29, 0.717) is 17.2 Å². The van der Waals surface area contributed by atoms with Crippen LogP contribution in [0.5, 0.6) is 17.2 Å². The van der Waals surface area contributed by atoms with Gasteiger partial charge in [-0.25, -0.2) is 0 Å². The van der Waals surface area contributed by atoms with Crippen molar-refractivity contribution < 1.29 is 19.3 Å². The van der Waals surface area contributed by atoms with Crippen LogP contribution in [0.3, 0.4) is 0 Å². The number of rotatable bonds is 6. The Morgan fingerprint density at radius 3 is 2.06 bits per heavy atom. The summed E-state index contributed by atoms with van der Waals surface area (Å²) in [5.41, 5.74) is 5.52. The molecule has 1 atom stereocenters. The molecule has 0 aliphatic carbocycles. The van der Waals surface area contributed by atoms with Crippen molar-refractivity contribution in [3.05, 3.63) is 18.2 Å². The molecule has 5 nitrogen and oxygen atoms in total. The highest BCUT2D eigenvalue weighted by atomic mass is 16.5. The van der Waals surface area contributed by atoms with E-state index in [0.717, 1.165) is 0 Å². The minimum absolute atomic E-state index is 0.110. The van der Waals surface area contributed by atoms with Crippen LogP contribution in [-0.4, -0.2) is 38.6 Å². The third-order valence-electron chi connectivity index (χ3n) is 2.02. The monoisotopic (exact) mass is 227 g/mol. The van der Waals surface area contributed by atoms with Gasteiger partial charge in [0.2, 0.25) is 0 Å². The van der Waals surface area contributed by atoms with Crippen LogP contribution in [0.25, 0.3) is 0 Å². The van der Waals surface area contributed by atoms with Gasteiger partial charge in [0.25, 0.3) is 0 Å². The number of nitrogens with two attached hydrogens (primary N) is 1. The van der Waals surface area contributed by atoms with E-state index >= 15 is 0 Å². The second kappa shape index (κ2) is 6.19. The fourth-order valence-corrected chi connectivity index (χ4v) is 1.12. The van der Waals surface area contributed by atoms with Gasteiger partial charge in [-0.15, -0.1) is 0 Å². The normalized spacial score (nSPS) is 12.0. The van der Waals surface area contributed by atoms with Crippen molar-refractivity contribution in [3.63, 3.8) is 0 Å². The second-order valence-corrected chi connectivity index (χ2v) is 3.30. The first-order chi connectivity index (χ1) is 7.69. The number of aliphatic hydroxyl groups is 1. The number of hydrogen-bond acceptors (Lipinski definition) is 5. The Morgan fingerprint density at radius 1 is 1.12 bits per heavy atom. The van der Waals surface area contributed by atoms with E-state index < -0.39 is 6.04 Å². The molecule has 0 heterocycles. The van der Waals surface area contributed by atoms with Crippen molar-refractivity contribution in [1.82, 2.24) is 0 Å².